The SMILES string of the molecule is Nc1ncc(-c2nc3c(c(N4CCOCC4)n2)CCN(CC2(O)CCNCC2)C3)cn1. The molecule has 31 heavy (non-hydrogen) atoms. The summed E-state index contributed by atoms with van der Waals surface area (Å²) in [5.74, 6) is 1.83. The minimum absolute atomic E-state index is 0.233. The van der Waals surface area contributed by atoms with Crippen molar-refractivity contribution in [1.29, 1.82) is 0 Å². The highest BCUT2D eigenvalue weighted by Gasteiger charge is 2.34. The standard InChI is InChI=1S/C21H30N8O2/c22-20-24-11-15(12-25-20)18-26-17-13-28(14-21(30)2-4-23-5-3-21)6-1-16(17)19(27-18)29-7-9-31-10-8-29/h11-12,23,30H,1-10,13-14H2,(H2,22,24,25). The number of nitrogens with zero attached hydrogens (tertiary/aromatic N) is 6. The van der Waals surface area contributed by atoms with Crippen LogP contribution in [0.25, 0.3) is 11.4 Å². The Balaban J connectivity index is 1.46. The normalized spacial score (nSPS) is 21.6. The summed E-state index contributed by atoms with van der Waals surface area (Å²) in [6.07, 6.45) is 5.78. The lowest BCUT2D eigenvalue weighted by Gasteiger charge is -2.39. The minimum atomic E-state index is -0.629. The Bertz CT molecular complexity index is 910. The van der Waals surface area contributed by atoms with E-state index in [9.17, 15) is 5.11 Å². The maximum atomic E-state index is 11.0. The summed E-state index contributed by atoms with van der Waals surface area (Å²) in [6.45, 7) is 7.04. The van der Waals surface area contributed by atoms with Crippen molar-refractivity contribution in [1.82, 2.24) is 30.2 Å². The van der Waals surface area contributed by atoms with Crippen LogP contribution in [0.2, 0.25) is 0 Å². The van der Waals surface area contributed by atoms with E-state index in [2.05, 4.69) is 25.1 Å². The Kier molecular flexibility index (Phi) is 5.70. The van der Waals surface area contributed by atoms with Crippen LogP contribution in [0.4, 0.5) is 11.8 Å². The zero-order valence-corrected chi connectivity index (χ0v) is 17.8. The van der Waals surface area contributed by atoms with E-state index in [0.29, 0.717) is 32.1 Å². The number of rotatable bonds is 4. The minimum Gasteiger partial charge on any atom is -0.388 e. The summed E-state index contributed by atoms with van der Waals surface area (Å²) in [4.78, 5) is 22.7. The van der Waals surface area contributed by atoms with Crippen molar-refractivity contribution in [2.75, 3.05) is 63.1 Å². The molecule has 10 heteroatoms. The summed E-state index contributed by atoms with van der Waals surface area (Å²) in [5.41, 5.74) is 8.01. The highest BCUT2D eigenvalue weighted by atomic mass is 16.5. The van der Waals surface area contributed by atoms with Crippen molar-refractivity contribution in [2.24, 2.45) is 0 Å². The summed E-state index contributed by atoms with van der Waals surface area (Å²) in [6, 6.07) is 0. The zero-order chi connectivity index (χ0) is 21.3. The Morgan fingerprint density at radius 1 is 1.10 bits per heavy atom. The van der Waals surface area contributed by atoms with Gasteiger partial charge in [0.2, 0.25) is 5.95 Å². The average molecular weight is 427 g/mol. The van der Waals surface area contributed by atoms with Crippen molar-refractivity contribution in [3.63, 3.8) is 0 Å². The van der Waals surface area contributed by atoms with Crippen LogP contribution >= 0.6 is 0 Å². The number of piperidine rings is 1. The van der Waals surface area contributed by atoms with Gasteiger partial charge in [-0.25, -0.2) is 19.9 Å². The fourth-order valence-electron chi connectivity index (χ4n) is 4.69. The van der Waals surface area contributed by atoms with Gasteiger partial charge in [-0.3, -0.25) is 4.90 Å². The molecule has 0 aliphatic carbocycles. The molecule has 4 N–H and O–H groups in total. The Morgan fingerprint density at radius 3 is 2.58 bits per heavy atom. The molecule has 10 nitrogen and oxygen atoms in total. The molecule has 0 amide bonds. The number of hydrogen-bond donors (Lipinski definition) is 3. The molecule has 166 valence electrons. The third-order valence-corrected chi connectivity index (χ3v) is 6.42. The zero-order valence-electron chi connectivity index (χ0n) is 17.8. The molecule has 0 saturated carbocycles. The highest BCUT2D eigenvalue weighted by molar-refractivity contribution is 5.60. The van der Waals surface area contributed by atoms with Crippen LogP contribution in [0.1, 0.15) is 24.1 Å². The van der Waals surface area contributed by atoms with Gasteiger partial charge in [-0.2, -0.15) is 0 Å². The third kappa shape index (κ3) is 4.47. The summed E-state index contributed by atoms with van der Waals surface area (Å²) in [7, 11) is 0. The molecule has 0 unspecified atom stereocenters. The van der Waals surface area contributed by atoms with E-state index in [0.717, 1.165) is 69.1 Å². The van der Waals surface area contributed by atoms with Crippen LogP contribution in [-0.4, -0.2) is 88.0 Å². The smallest absolute Gasteiger partial charge is 0.219 e. The van der Waals surface area contributed by atoms with E-state index in [-0.39, 0.29) is 5.95 Å². The molecule has 0 radical (unpaired) electrons. The number of hydrogen-bond acceptors (Lipinski definition) is 10. The number of fused-ring (bicyclic) bond motifs is 1. The number of aliphatic hydroxyl groups is 1. The molecule has 0 bridgehead atoms. The van der Waals surface area contributed by atoms with E-state index in [4.69, 9.17) is 20.4 Å². The average Bonchev–Trinajstić information content (AvgIpc) is 2.79. The number of morpholine rings is 1. The predicted octanol–water partition coefficient (Wildman–Crippen LogP) is -0.175. The lowest BCUT2D eigenvalue weighted by molar-refractivity contribution is -0.0242. The first kappa shape index (κ1) is 20.5. The molecule has 3 aliphatic rings. The first-order valence-electron chi connectivity index (χ1n) is 11.1. The molecule has 0 aromatic carbocycles. The van der Waals surface area contributed by atoms with Crippen LogP contribution < -0.4 is 16.0 Å². The molecule has 2 aromatic rings. The van der Waals surface area contributed by atoms with Gasteiger partial charge in [0.15, 0.2) is 5.82 Å². The summed E-state index contributed by atoms with van der Waals surface area (Å²) < 4.78 is 5.55. The lowest BCUT2D eigenvalue weighted by Crippen LogP contribution is -2.50. The van der Waals surface area contributed by atoms with Gasteiger partial charge in [0.05, 0.1) is 30.1 Å². The van der Waals surface area contributed by atoms with E-state index in [1.807, 2.05) is 0 Å². The maximum absolute atomic E-state index is 11.0. The van der Waals surface area contributed by atoms with Gasteiger partial charge < -0.3 is 25.8 Å². The van der Waals surface area contributed by atoms with Crippen LogP contribution in [0.3, 0.4) is 0 Å². The number of nitrogens with one attached hydrogen (secondary N) is 1. The first-order valence-corrected chi connectivity index (χ1v) is 11.1. The maximum Gasteiger partial charge on any atom is 0.219 e. The second-order valence-corrected chi connectivity index (χ2v) is 8.66. The molecule has 0 atom stereocenters. The first-order chi connectivity index (χ1) is 15.1. The molecule has 5 heterocycles. The molecule has 3 aliphatic heterocycles. The molecule has 2 fully saturated rings. The van der Waals surface area contributed by atoms with E-state index >= 15 is 0 Å². The third-order valence-electron chi connectivity index (χ3n) is 6.42. The van der Waals surface area contributed by atoms with E-state index in [1.165, 1.54) is 5.56 Å². The van der Waals surface area contributed by atoms with E-state index in [1.54, 1.807) is 12.4 Å². The Labute approximate surface area is 181 Å². The largest absolute Gasteiger partial charge is 0.388 e. The number of aromatic nitrogens is 4. The molecular formula is C21H30N8O2. The van der Waals surface area contributed by atoms with Crippen molar-refractivity contribution in [3.05, 3.63) is 23.7 Å². The molecule has 5 rings (SSSR count). The Morgan fingerprint density at radius 2 is 1.84 bits per heavy atom. The van der Waals surface area contributed by atoms with Crippen molar-refractivity contribution >= 4 is 11.8 Å². The number of nitrogen functional groups attached to an aromatic ring is 1. The van der Waals surface area contributed by atoms with Gasteiger partial charge in [0.25, 0.3) is 0 Å². The van der Waals surface area contributed by atoms with Gasteiger partial charge in [0, 0.05) is 50.7 Å². The van der Waals surface area contributed by atoms with Crippen molar-refractivity contribution < 1.29 is 9.84 Å². The molecule has 0 spiro atoms. The fourth-order valence-corrected chi connectivity index (χ4v) is 4.69. The monoisotopic (exact) mass is 426 g/mol. The number of nitrogens with two attached hydrogens (primary N) is 1. The van der Waals surface area contributed by atoms with E-state index < -0.39 is 5.60 Å². The number of anilines is 2. The second kappa shape index (κ2) is 8.62. The number of ether oxygens (including phenoxy) is 1. The van der Waals surface area contributed by atoms with Gasteiger partial charge in [-0.1, -0.05) is 0 Å². The second-order valence-electron chi connectivity index (χ2n) is 8.66. The van der Waals surface area contributed by atoms with Crippen LogP contribution in [0.5, 0.6) is 0 Å². The summed E-state index contributed by atoms with van der Waals surface area (Å²) in [5, 5.41) is 14.4. The fraction of sp³-hybridized carbons (Fsp3) is 0.619. The molecule has 2 saturated heterocycles. The van der Waals surface area contributed by atoms with Crippen LogP contribution in [0, 0.1) is 0 Å². The van der Waals surface area contributed by atoms with Gasteiger partial charge in [0.1, 0.15) is 5.82 Å². The predicted molar refractivity (Wildman–Crippen MR) is 117 cm³/mol. The molecule has 2 aromatic heterocycles. The lowest BCUT2D eigenvalue weighted by atomic mass is 9.91. The topological polar surface area (TPSA) is 126 Å². The molecular weight excluding hydrogens is 396 g/mol. The van der Waals surface area contributed by atoms with Crippen LogP contribution in [0.15, 0.2) is 12.4 Å². The van der Waals surface area contributed by atoms with Gasteiger partial charge in [-0.05, 0) is 32.4 Å². The van der Waals surface area contributed by atoms with Crippen LogP contribution in [-0.2, 0) is 17.7 Å². The highest BCUT2D eigenvalue weighted by Crippen LogP contribution is 2.31. The van der Waals surface area contributed by atoms with Gasteiger partial charge >= 0.3 is 0 Å². The van der Waals surface area contributed by atoms with Crippen molar-refractivity contribution in [3.8, 4) is 11.4 Å². The number of β-amino-alcohol motifs (C(OH)–C–C–N with tert-alkyl or cyclic N) is 1. The van der Waals surface area contributed by atoms with Crippen molar-refractivity contribution in [2.45, 2.75) is 31.4 Å². The quantitative estimate of drug-likeness (QED) is 0.606. The summed E-state index contributed by atoms with van der Waals surface area (Å²) >= 11 is 0. The van der Waals surface area contributed by atoms with Gasteiger partial charge in [-0.15, -0.1) is 0 Å². The Hall–Kier alpha value is -2.40.